The van der Waals surface area contributed by atoms with Crippen molar-refractivity contribution in [3.05, 3.63) is 46.1 Å². The molecule has 1 amide bonds. The van der Waals surface area contributed by atoms with Crippen LogP contribution in [0.25, 0.3) is 0 Å². The number of nitrogens with zero attached hydrogens (tertiary/aromatic N) is 3. The van der Waals surface area contributed by atoms with Gasteiger partial charge in [0.05, 0.1) is 57.8 Å². The maximum Gasteiger partial charge on any atom is 0.338 e. The lowest BCUT2D eigenvalue weighted by Crippen LogP contribution is -2.42. The number of carbonyl (C=O) groups is 2. The van der Waals surface area contributed by atoms with Crippen LogP contribution in [0.4, 0.5) is 0 Å². The summed E-state index contributed by atoms with van der Waals surface area (Å²) in [5, 5.41) is 5.63. The highest BCUT2D eigenvalue weighted by Gasteiger charge is 2.42. The van der Waals surface area contributed by atoms with Gasteiger partial charge in [-0.1, -0.05) is 11.8 Å². The average molecular weight is 531 g/mol. The Morgan fingerprint density at radius 3 is 2.70 bits per heavy atom. The molecule has 11 heteroatoms. The lowest BCUT2D eigenvalue weighted by Gasteiger charge is -2.36. The molecule has 1 unspecified atom stereocenters. The summed E-state index contributed by atoms with van der Waals surface area (Å²) in [5.41, 5.74) is 2.43. The molecule has 200 valence electrons. The van der Waals surface area contributed by atoms with Crippen LogP contribution in [0.5, 0.6) is 11.5 Å². The van der Waals surface area contributed by atoms with E-state index in [2.05, 4.69) is 10.2 Å². The number of fused-ring (bicyclic) bond motifs is 1. The molecule has 4 rings (SSSR count). The van der Waals surface area contributed by atoms with Crippen molar-refractivity contribution in [2.45, 2.75) is 26.3 Å². The van der Waals surface area contributed by atoms with Crippen molar-refractivity contribution in [2.75, 3.05) is 60.2 Å². The predicted octanol–water partition coefficient (Wildman–Crippen LogP) is 2.68. The van der Waals surface area contributed by atoms with Crippen molar-refractivity contribution in [3.63, 3.8) is 0 Å². The zero-order valence-electron chi connectivity index (χ0n) is 21.7. The molecule has 0 aromatic heterocycles. The van der Waals surface area contributed by atoms with Crippen molar-refractivity contribution >= 4 is 28.8 Å². The number of aliphatic imine (C=N–C) groups is 1. The molecule has 1 aromatic carbocycles. The Balaban J connectivity index is 1.60. The molecule has 3 heterocycles. The second-order valence-electron chi connectivity index (χ2n) is 8.70. The zero-order valence-corrected chi connectivity index (χ0v) is 22.6. The van der Waals surface area contributed by atoms with E-state index in [-0.39, 0.29) is 18.9 Å². The lowest BCUT2D eigenvalue weighted by molar-refractivity contribution is -0.139. The highest BCUT2D eigenvalue weighted by Crippen LogP contribution is 2.47. The van der Waals surface area contributed by atoms with E-state index in [0.717, 1.165) is 44.1 Å². The minimum Gasteiger partial charge on any atom is -0.497 e. The minimum absolute atomic E-state index is 0.0957. The van der Waals surface area contributed by atoms with E-state index >= 15 is 0 Å². The molecule has 1 N–H and O–H groups in total. The summed E-state index contributed by atoms with van der Waals surface area (Å²) in [6, 6.07) is 4.86. The van der Waals surface area contributed by atoms with Gasteiger partial charge in [0.1, 0.15) is 11.5 Å². The van der Waals surface area contributed by atoms with E-state index in [0.29, 0.717) is 34.5 Å². The monoisotopic (exact) mass is 530 g/mol. The number of nitrogens with one attached hydrogen (secondary N) is 1. The van der Waals surface area contributed by atoms with E-state index in [1.807, 2.05) is 22.4 Å². The number of amidine groups is 1. The second kappa shape index (κ2) is 12.5. The third-order valence-electron chi connectivity index (χ3n) is 6.42. The van der Waals surface area contributed by atoms with Gasteiger partial charge in [-0.3, -0.25) is 9.69 Å². The Morgan fingerprint density at radius 2 is 2.00 bits per heavy atom. The van der Waals surface area contributed by atoms with Gasteiger partial charge < -0.3 is 29.2 Å². The Morgan fingerprint density at radius 1 is 1.22 bits per heavy atom. The molecule has 1 aromatic rings. The topological polar surface area (TPSA) is 102 Å². The van der Waals surface area contributed by atoms with Crippen LogP contribution in [0, 0.1) is 0 Å². The predicted molar refractivity (Wildman–Crippen MR) is 141 cm³/mol. The highest BCUT2D eigenvalue weighted by molar-refractivity contribution is 8.16. The number of thioether (sulfide) groups is 1. The summed E-state index contributed by atoms with van der Waals surface area (Å²) in [6.07, 6.45) is 0.146. The Kier molecular flexibility index (Phi) is 9.12. The van der Waals surface area contributed by atoms with Crippen molar-refractivity contribution in [2.24, 2.45) is 4.99 Å². The van der Waals surface area contributed by atoms with Gasteiger partial charge in [0.25, 0.3) is 0 Å². The van der Waals surface area contributed by atoms with Crippen LogP contribution in [0.15, 0.2) is 45.6 Å². The summed E-state index contributed by atoms with van der Waals surface area (Å²) >= 11 is 1.43. The first-order valence-electron chi connectivity index (χ1n) is 12.4. The summed E-state index contributed by atoms with van der Waals surface area (Å²) < 4.78 is 22.0. The number of rotatable bonds is 10. The molecule has 0 radical (unpaired) electrons. The molecule has 0 aliphatic carbocycles. The van der Waals surface area contributed by atoms with Crippen LogP contribution in [-0.4, -0.2) is 87.1 Å². The molecule has 0 bridgehead atoms. The van der Waals surface area contributed by atoms with Gasteiger partial charge in [-0.2, -0.15) is 0 Å². The fourth-order valence-electron chi connectivity index (χ4n) is 4.59. The van der Waals surface area contributed by atoms with Crippen LogP contribution in [0.1, 0.15) is 31.9 Å². The number of carbonyl (C=O) groups excluding carboxylic acids is 2. The smallest absolute Gasteiger partial charge is 0.338 e. The summed E-state index contributed by atoms with van der Waals surface area (Å²) in [5.74, 6) is 0.664. The van der Waals surface area contributed by atoms with E-state index in [1.54, 1.807) is 34.1 Å². The van der Waals surface area contributed by atoms with Gasteiger partial charge in [-0.25, -0.2) is 9.79 Å². The van der Waals surface area contributed by atoms with Gasteiger partial charge in [0.2, 0.25) is 5.91 Å². The van der Waals surface area contributed by atoms with Crippen molar-refractivity contribution in [3.8, 4) is 11.5 Å². The Hall–Kier alpha value is -3.02. The number of hydrogen-bond donors (Lipinski definition) is 1. The molecular weight excluding hydrogens is 496 g/mol. The second-order valence-corrected chi connectivity index (χ2v) is 9.54. The number of morpholine rings is 1. The third-order valence-corrected chi connectivity index (χ3v) is 7.31. The summed E-state index contributed by atoms with van der Waals surface area (Å²) in [4.78, 5) is 35.0. The van der Waals surface area contributed by atoms with E-state index in [4.69, 9.17) is 23.9 Å². The fourth-order valence-corrected chi connectivity index (χ4v) is 5.56. The fraction of sp³-hybridized carbons (Fsp3) is 0.500. The molecule has 1 fully saturated rings. The van der Waals surface area contributed by atoms with Crippen molar-refractivity contribution < 1.29 is 28.5 Å². The summed E-state index contributed by atoms with van der Waals surface area (Å²) in [7, 11) is 3.17. The number of esters is 1. The van der Waals surface area contributed by atoms with Gasteiger partial charge >= 0.3 is 5.97 Å². The highest BCUT2D eigenvalue weighted by atomic mass is 32.2. The maximum absolute atomic E-state index is 13.2. The quantitative estimate of drug-likeness (QED) is 0.458. The van der Waals surface area contributed by atoms with Gasteiger partial charge in [-0.05, 0) is 37.5 Å². The standard InChI is InChI=1S/C26H34N4O6S/c1-5-36-25(32)23-17(2)28-26-30(24(23)20-15-19(33-3)6-7-21(20)34-4)18(16-37-26)14-22(31)27-8-9-29-10-12-35-13-11-29/h6-7,15-16,24H,5,8-14H2,1-4H3,(H,27,31). The lowest BCUT2D eigenvalue weighted by atomic mass is 9.93. The van der Waals surface area contributed by atoms with Crippen LogP contribution < -0.4 is 14.8 Å². The Bertz CT molecular complexity index is 1110. The van der Waals surface area contributed by atoms with Crippen LogP contribution >= 0.6 is 11.8 Å². The van der Waals surface area contributed by atoms with Gasteiger partial charge in [-0.15, -0.1) is 0 Å². The largest absolute Gasteiger partial charge is 0.497 e. The van der Waals surface area contributed by atoms with E-state index in [9.17, 15) is 9.59 Å². The van der Waals surface area contributed by atoms with Crippen LogP contribution in [-0.2, 0) is 19.1 Å². The SMILES string of the molecule is CCOC(=O)C1=C(C)N=C2SC=C(CC(=O)NCCN3CCOCC3)N2C1c1cc(OC)ccc1OC. The first-order chi connectivity index (χ1) is 18.0. The molecule has 1 saturated heterocycles. The molecule has 3 aliphatic rings. The first-order valence-corrected chi connectivity index (χ1v) is 13.2. The van der Waals surface area contributed by atoms with E-state index < -0.39 is 12.0 Å². The third kappa shape index (κ3) is 6.11. The Labute approximate surface area is 221 Å². The molecule has 37 heavy (non-hydrogen) atoms. The number of allylic oxidation sites excluding steroid dienone is 1. The van der Waals surface area contributed by atoms with Crippen molar-refractivity contribution in [1.29, 1.82) is 0 Å². The van der Waals surface area contributed by atoms with Gasteiger partial charge in [0.15, 0.2) is 5.17 Å². The summed E-state index contributed by atoms with van der Waals surface area (Å²) in [6.45, 7) is 8.32. The number of methoxy groups -OCH3 is 2. The van der Waals surface area contributed by atoms with Gasteiger partial charge in [0, 0.05) is 37.4 Å². The van der Waals surface area contributed by atoms with Crippen LogP contribution in [0.3, 0.4) is 0 Å². The zero-order chi connectivity index (χ0) is 26.4. The van der Waals surface area contributed by atoms with Crippen molar-refractivity contribution in [1.82, 2.24) is 15.1 Å². The molecule has 0 spiro atoms. The number of amides is 1. The molecule has 0 saturated carbocycles. The molecule has 1 atom stereocenters. The number of hydrogen-bond acceptors (Lipinski definition) is 10. The maximum atomic E-state index is 13.2. The molecule has 10 nitrogen and oxygen atoms in total. The normalized spacial score (nSPS) is 19.7. The first kappa shape index (κ1) is 27.0. The van der Waals surface area contributed by atoms with E-state index in [1.165, 1.54) is 11.8 Å². The van der Waals surface area contributed by atoms with Crippen LogP contribution in [0.2, 0.25) is 0 Å². The molecule has 3 aliphatic heterocycles. The average Bonchev–Trinajstić information content (AvgIpc) is 3.29. The minimum atomic E-state index is -0.598. The number of benzene rings is 1. The number of ether oxygens (including phenoxy) is 4. The molecular formula is C26H34N4O6S.